The zero-order valence-electron chi connectivity index (χ0n) is 8.67. The largest absolute Gasteiger partial charge is 0.508 e. The van der Waals surface area contributed by atoms with Crippen LogP contribution in [0.3, 0.4) is 0 Å². The van der Waals surface area contributed by atoms with Crippen LogP contribution in [0.2, 0.25) is 0 Å². The van der Waals surface area contributed by atoms with E-state index in [0.717, 1.165) is 5.39 Å². The molecule has 1 heterocycles. The number of nitrogens with zero attached hydrogens (tertiary/aromatic N) is 2. The van der Waals surface area contributed by atoms with Crippen molar-refractivity contribution in [1.29, 1.82) is 0 Å². The van der Waals surface area contributed by atoms with Crippen molar-refractivity contribution in [3.63, 3.8) is 0 Å². The number of phenols is 1. The van der Waals surface area contributed by atoms with Gasteiger partial charge in [-0.3, -0.25) is 0 Å². The highest BCUT2D eigenvalue weighted by Gasteiger charge is 2.09. The van der Waals surface area contributed by atoms with Gasteiger partial charge in [0.1, 0.15) is 5.75 Å². The first-order valence-corrected chi connectivity index (χ1v) is 4.84. The number of aromatic hydroxyl groups is 1. The molecule has 0 saturated carbocycles. The summed E-state index contributed by atoms with van der Waals surface area (Å²) in [6.07, 6.45) is 0. The predicted octanol–water partition coefficient (Wildman–Crippen LogP) is 1.51. The van der Waals surface area contributed by atoms with Gasteiger partial charge in [-0.2, -0.15) is 0 Å². The number of carbonyl (C=O) groups is 1. The second kappa shape index (κ2) is 4.14. The third kappa shape index (κ3) is 1.93. The van der Waals surface area contributed by atoms with Crippen molar-refractivity contribution in [2.45, 2.75) is 6.92 Å². The quantitative estimate of drug-likeness (QED) is 0.773. The number of fused-ring (bicyclic) bond motifs is 1. The summed E-state index contributed by atoms with van der Waals surface area (Å²) in [6.45, 7) is 2.03. The molecule has 0 aliphatic heterocycles. The van der Waals surface area contributed by atoms with E-state index in [1.807, 2.05) is 0 Å². The van der Waals surface area contributed by atoms with E-state index in [9.17, 15) is 9.90 Å². The number of carbonyl (C=O) groups excluding carboxylic acids is 1. The molecule has 82 valence electrons. The molecule has 0 aliphatic carbocycles. The number of esters is 1. The molecule has 1 aromatic heterocycles. The van der Waals surface area contributed by atoms with Crippen LogP contribution in [0.25, 0.3) is 10.9 Å². The fourth-order valence-corrected chi connectivity index (χ4v) is 1.33. The summed E-state index contributed by atoms with van der Waals surface area (Å²) in [7, 11) is 0. The minimum absolute atomic E-state index is 0.116. The Labute approximate surface area is 91.7 Å². The monoisotopic (exact) mass is 218 g/mol. The average molecular weight is 218 g/mol. The number of rotatable bonds is 2. The average Bonchev–Trinajstić information content (AvgIpc) is 2.28. The Kier molecular flexibility index (Phi) is 2.68. The molecule has 16 heavy (non-hydrogen) atoms. The maximum atomic E-state index is 11.4. The van der Waals surface area contributed by atoms with Crippen molar-refractivity contribution in [1.82, 2.24) is 10.2 Å². The van der Waals surface area contributed by atoms with E-state index < -0.39 is 5.97 Å². The molecule has 2 aromatic rings. The van der Waals surface area contributed by atoms with E-state index in [2.05, 4.69) is 10.2 Å². The second-order valence-electron chi connectivity index (χ2n) is 3.19. The molecule has 5 heteroatoms. The van der Waals surface area contributed by atoms with Crippen molar-refractivity contribution < 1.29 is 14.6 Å². The summed E-state index contributed by atoms with van der Waals surface area (Å²) in [5.74, 6) is -0.379. The highest BCUT2D eigenvalue weighted by molar-refractivity contribution is 5.91. The third-order valence-corrected chi connectivity index (χ3v) is 2.06. The summed E-state index contributed by atoms with van der Waals surface area (Å²) in [4.78, 5) is 11.4. The molecule has 0 atom stereocenters. The van der Waals surface area contributed by atoms with Gasteiger partial charge in [-0.15, -0.1) is 10.2 Å². The Morgan fingerprint density at radius 2 is 2.19 bits per heavy atom. The summed E-state index contributed by atoms with van der Waals surface area (Å²) in [5.41, 5.74) is 0.702. The number of hydrogen-bond donors (Lipinski definition) is 1. The Morgan fingerprint density at radius 1 is 1.38 bits per heavy atom. The molecule has 5 nitrogen and oxygen atoms in total. The molecule has 0 fully saturated rings. The SMILES string of the molecule is CCOC(=O)c1cc2ccc(O)cc2nn1. The summed E-state index contributed by atoms with van der Waals surface area (Å²) in [5, 5.41) is 17.5. The van der Waals surface area contributed by atoms with Gasteiger partial charge in [0.15, 0.2) is 5.69 Å². The first-order valence-electron chi connectivity index (χ1n) is 4.84. The summed E-state index contributed by atoms with van der Waals surface area (Å²) in [6, 6.07) is 6.26. The van der Waals surface area contributed by atoms with E-state index >= 15 is 0 Å². The lowest BCUT2D eigenvalue weighted by atomic mass is 10.2. The number of ether oxygens (including phenoxy) is 1. The normalized spacial score (nSPS) is 10.3. The van der Waals surface area contributed by atoms with E-state index in [0.29, 0.717) is 12.1 Å². The highest BCUT2D eigenvalue weighted by atomic mass is 16.5. The van der Waals surface area contributed by atoms with E-state index in [4.69, 9.17) is 4.74 Å². The molecular formula is C11H10N2O3. The first-order chi connectivity index (χ1) is 7.70. The molecule has 0 aliphatic rings. The zero-order chi connectivity index (χ0) is 11.5. The van der Waals surface area contributed by atoms with Crippen LogP contribution in [0, 0.1) is 0 Å². The predicted molar refractivity (Wildman–Crippen MR) is 57.2 cm³/mol. The van der Waals surface area contributed by atoms with Gasteiger partial charge >= 0.3 is 5.97 Å². The Morgan fingerprint density at radius 3 is 2.94 bits per heavy atom. The molecule has 0 spiro atoms. The van der Waals surface area contributed by atoms with Gasteiger partial charge in [0.2, 0.25) is 0 Å². The van der Waals surface area contributed by atoms with Gasteiger partial charge in [-0.05, 0) is 25.1 Å². The Bertz CT molecular complexity index is 540. The van der Waals surface area contributed by atoms with Crippen molar-refractivity contribution in [3.05, 3.63) is 30.0 Å². The van der Waals surface area contributed by atoms with Gasteiger partial charge in [0.25, 0.3) is 0 Å². The minimum atomic E-state index is -0.495. The van der Waals surface area contributed by atoms with Crippen LogP contribution in [0.4, 0.5) is 0 Å². The van der Waals surface area contributed by atoms with E-state index in [1.165, 1.54) is 12.1 Å². The van der Waals surface area contributed by atoms with Crippen LogP contribution in [-0.2, 0) is 4.74 Å². The van der Waals surface area contributed by atoms with Crippen LogP contribution in [0.5, 0.6) is 5.75 Å². The molecule has 0 amide bonds. The third-order valence-electron chi connectivity index (χ3n) is 2.06. The molecule has 2 rings (SSSR count). The maximum absolute atomic E-state index is 11.4. The fourth-order valence-electron chi connectivity index (χ4n) is 1.33. The van der Waals surface area contributed by atoms with Gasteiger partial charge < -0.3 is 9.84 Å². The van der Waals surface area contributed by atoms with Crippen molar-refractivity contribution >= 4 is 16.9 Å². The molecule has 0 radical (unpaired) electrons. The topological polar surface area (TPSA) is 72.3 Å². The standard InChI is InChI=1S/C11H10N2O3/c1-2-16-11(15)10-5-7-3-4-8(14)6-9(7)12-13-10/h3-6,14H,2H2,1H3. The van der Waals surface area contributed by atoms with Crippen LogP contribution in [0.1, 0.15) is 17.4 Å². The first kappa shape index (κ1) is 10.4. The van der Waals surface area contributed by atoms with E-state index in [1.54, 1.807) is 19.1 Å². The van der Waals surface area contributed by atoms with Gasteiger partial charge in [0.05, 0.1) is 12.1 Å². The lowest BCUT2D eigenvalue weighted by Crippen LogP contribution is -2.07. The van der Waals surface area contributed by atoms with Gasteiger partial charge in [-0.1, -0.05) is 0 Å². The minimum Gasteiger partial charge on any atom is -0.508 e. The fraction of sp³-hybridized carbons (Fsp3) is 0.182. The van der Waals surface area contributed by atoms with Gasteiger partial charge in [0, 0.05) is 11.5 Å². The van der Waals surface area contributed by atoms with Crippen LogP contribution in [-0.4, -0.2) is 27.9 Å². The van der Waals surface area contributed by atoms with E-state index in [-0.39, 0.29) is 11.4 Å². The molecule has 0 saturated heterocycles. The van der Waals surface area contributed by atoms with Crippen molar-refractivity contribution in [2.75, 3.05) is 6.61 Å². The van der Waals surface area contributed by atoms with Crippen LogP contribution >= 0.6 is 0 Å². The molecule has 0 unspecified atom stereocenters. The Balaban J connectivity index is 2.44. The van der Waals surface area contributed by atoms with Crippen LogP contribution in [0.15, 0.2) is 24.3 Å². The maximum Gasteiger partial charge on any atom is 0.358 e. The smallest absolute Gasteiger partial charge is 0.358 e. The molecule has 1 aromatic carbocycles. The summed E-state index contributed by atoms with van der Waals surface area (Å²) >= 11 is 0. The Hall–Kier alpha value is -2.17. The number of hydrogen-bond acceptors (Lipinski definition) is 5. The summed E-state index contributed by atoms with van der Waals surface area (Å²) < 4.78 is 4.81. The van der Waals surface area contributed by atoms with Gasteiger partial charge in [-0.25, -0.2) is 4.79 Å². The number of benzene rings is 1. The molecule has 0 bridgehead atoms. The number of aromatic nitrogens is 2. The van der Waals surface area contributed by atoms with Crippen molar-refractivity contribution in [3.8, 4) is 5.75 Å². The number of phenolic OH excluding ortho intramolecular Hbond substituents is 1. The molecule has 1 N–H and O–H groups in total. The highest BCUT2D eigenvalue weighted by Crippen LogP contribution is 2.17. The lowest BCUT2D eigenvalue weighted by Gasteiger charge is -2.01. The van der Waals surface area contributed by atoms with Crippen LogP contribution < -0.4 is 0 Å². The second-order valence-corrected chi connectivity index (χ2v) is 3.19. The zero-order valence-corrected chi connectivity index (χ0v) is 8.67. The van der Waals surface area contributed by atoms with Crippen molar-refractivity contribution in [2.24, 2.45) is 0 Å². The molecular weight excluding hydrogens is 208 g/mol. The lowest BCUT2D eigenvalue weighted by molar-refractivity contribution is 0.0518.